The van der Waals surface area contributed by atoms with Crippen molar-refractivity contribution in [3.8, 4) is 5.75 Å². The number of fused-ring (bicyclic) bond motifs is 1. The first kappa shape index (κ1) is 23.2. The van der Waals surface area contributed by atoms with Gasteiger partial charge < -0.3 is 14.6 Å². The van der Waals surface area contributed by atoms with Crippen molar-refractivity contribution < 1.29 is 22.9 Å². The quantitative estimate of drug-likeness (QED) is 0.386. The first-order valence-electron chi connectivity index (χ1n) is 9.92. The lowest BCUT2D eigenvalue weighted by atomic mass is 10.2. The number of nitro groups is 1. The van der Waals surface area contributed by atoms with E-state index in [9.17, 15) is 23.3 Å². The lowest BCUT2D eigenvalue weighted by molar-refractivity contribution is -0.384. The molecule has 1 heterocycles. The van der Waals surface area contributed by atoms with Crippen molar-refractivity contribution in [2.45, 2.75) is 25.3 Å². The van der Waals surface area contributed by atoms with Crippen molar-refractivity contribution in [3.05, 3.63) is 58.8 Å². The summed E-state index contributed by atoms with van der Waals surface area (Å²) in [5, 5.41) is 14.3. The van der Waals surface area contributed by atoms with E-state index in [1.54, 1.807) is 36.7 Å². The number of aromatic nitrogens is 1. The van der Waals surface area contributed by atoms with E-state index < -0.39 is 20.9 Å². The van der Waals surface area contributed by atoms with E-state index in [1.165, 1.54) is 41.7 Å². The molecule has 0 aliphatic carbocycles. The van der Waals surface area contributed by atoms with Crippen molar-refractivity contribution in [2.75, 3.05) is 25.5 Å². The average Bonchev–Trinajstić information content (AvgIpc) is 3.16. The number of nitrogens with one attached hydrogen (secondary N) is 1. The van der Waals surface area contributed by atoms with Crippen LogP contribution in [-0.4, -0.2) is 48.3 Å². The Bertz CT molecular complexity index is 1260. The molecule has 3 rings (SSSR count). The summed E-state index contributed by atoms with van der Waals surface area (Å²) in [7, 11) is -2.28. The molecule has 1 amide bonds. The van der Waals surface area contributed by atoms with Crippen molar-refractivity contribution in [1.82, 2.24) is 8.87 Å². The highest BCUT2D eigenvalue weighted by Gasteiger charge is 2.23. The number of hydrogen-bond donors (Lipinski definition) is 1. The molecular weight excluding hydrogens is 436 g/mol. The van der Waals surface area contributed by atoms with E-state index in [2.05, 4.69) is 5.32 Å². The maximum absolute atomic E-state index is 12.8. The molecule has 1 aromatic heterocycles. The Kier molecular flexibility index (Phi) is 6.80. The van der Waals surface area contributed by atoms with Crippen LogP contribution in [0.1, 0.15) is 13.8 Å². The molecule has 0 saturated carbocycles. The van der Waals surface area contributed by atoms with Gasteiger partial charge in [-0.1, -0.05) is 13.8 Å². The van der Waals surface area contributed by atoms with Crippen LogP contribution in [0, 0.1) is 10.1 Å². The summed E-state index contributed by atoms with van der Waals surface area (Å²) in [5.41, 5.74) is 0.865. The van der Waals surface area contributed by atoms with Gasteiger partial charge in [0.05, 0.1) is 22.6 Å². The zero-order valence-corrected chi connectivity index (χ0v) is 18.8. The van der Waals surface area contributed by atoms with Gasteiger partial charge in [0.1, 0.15) is 12.3 Å². The molecule has 0 atom stereocenters. The van der Waals surface area contributed by atoms with E-state index in [1.807, 2.05) is 0 Å². The highest BCUT2D eigenvalue weighted by atomic mass is 32.2. The first-order chi connectivity index (χ1) is 15.2. The molecule has 0 radical (unpaired) electrons. The fraction of sp³-hybridized carbons (Fsp3) is 0.286. The zero-order chi connectivity index (χ0) is 23.5. The van der Waals surface area contributed by atoms with Crippen LogP contribution in [0.3, 0.4) is 0 Å². The summed E-state index contributed by atoms with van der Waals surface area (Å²) >= 11 is 0. The van der Waals surface area contributed by atoms with Gasteiger partial charge >= 0.3 is 0 Å². The van der Waals surface area contributed by atoms with Gasteiger partial charge in [0.25, 0.3) is 5.69 Å². The van der Waals surface area contributed by atoms with Crippen molar-refractivity contribution >= 4 is 38.2 Å². The third kappa shape index (κ3) is 4.58. The number of hydrogen-bond acceptors (Lipinski definition) is 6. The SMILES string of the molecule is CCN(CC)S(=O)(=O)c1ccc(OC)c(NC(=O)Cn2ccc3cc([N+](=O)[O-])ccc32)c1. The zero-order valence-electron chi connectivity index (χ0n) is 17.9. The molecule has 0 spiro atoms. The lowest BCUT2D eigenvalue weighted by Gasteiger charge is -2.19. The molecule has 11 heteroatoms. The van der Waals surface area contributed by atoms with Gasteiger partial charge in [0.2, 0.25) is 15.9 Å². The van der Waals surface area contributed by atoms with Gasteiger partial charge in [-0.25, -0.2) is 8.42 Å². The number of anilines is 1. The van der Waals surface area contributed by atoms with Gasteiger partial charge in [0.15, 0.2) is 0 Å². The molecule has 0 unspecified atom stereocenters. The molecule has 32 heavy (non-hydrogen) atoms. The second-order valence-electron chi connectivity index (χ2n) is 6.94. The number of carbonyl (C=O) groups excluding carboxylic acids is 1. The van der Waals surface area contributed by atoms with Gasteiger partial charge in [-0.2, -0.15) is 4.31 Å². The minimum absolute atomic E-state index is 0.0318. The molecule has 0 aliphatic rings. The van der Waals surface area contributed by atoms with E-state index in [0.29, 0.717) is 29.7 Å². The van der Waals surface area contributed by atoms with E-state index >= 15 is 0 Å². The number of ether oxygens (including phenoxy) is 1. The number of carbonyl (C=O) groups is 1. The Morgan fingerprint density at radius 2 is 1.88 bits per heavy atom. The molecule has 1 N–H and O–H groups in total. The van der Waals surface area contributed by atoms with Crippen molar-refractivity contribution in [2.24, 2.45) is 0 Å². The van der Waals surface area contributed by atoms with Crippen LogP contribution < -0.4 is 10.1 Å². The maximum atomic E-state index is 12.8. The number of non-ortho nitro benzene ring substituents is 1. The second-order valence-corrected chi connectivity index (χ2v) is 8.88. The molecule has 0 aliphatic heterocycles. The molecule has 0 saturated heterocycles. The minimum Gasteiger partial charge on any atom is -0.495 e. The van der Waals surface area contributed by atoms with Crippen LogP contribution in [0.25, 0.3) is 10.9 Å². The number of sulfonamides is 1. The number of nitro benzene ring substituents is 1. The highest BCUT2D eigenvalue weighted by molar-refractivity contribution is 7.89. The Hall–Kier alpha value is -3.44. The van der Waals surface area contributed by atoms with Crippen LogP contribution in [-0.2, 0) is 21.4 Å². The predicted molar refractivity (Wildman–Crippen MR) is 120 cm³/mol. The summed E-state index contributed by atoms with van der Waals surface area (Å²) in [6, 6.07) is 10.4. The molecule has 10 nitrogen and oxygen atoms in total. The number of methoxy groups -OCH3 is 1. The van der Waals surface area contributed by atoms with Crippen LogP contribution in [0.4, 0.5) is 11.4 Å². The topological polar surface area (TPSA) is 124 Å². The van der Waals surface area contributed by atoms with Crippen LogP contribution in [0.15, 0.2) is 53.6 Å². The molecular formula is C21H24N4O6S. The summed E-state index contributed by atoms with van der Waals surface area (Å²) in [5.74, 6) is -0.0821. The maximum Gasteiger partial charge on any atom is 0.270 e. The molecule has 3 aromatic rings. The number of amides is 1. The van der Waals surface area contributed by atoms with E-state index in [0.717, 1.165) is 0 Å². The Labute approximate surface area is 185 Å². The Balaban J connectivity index is 1.86. The van der Waals surface area contributed by atoms with E-state index in [4.69, 9.17) is 4.74 Å². The first-order valence-corrected chi connectivity index (χ1v) is 11.4. The molecule has 2 aromatic carbocycles. The highest BCUT2D eigenvalue weighted by Crippen LogP contribution is 2.29. The predicted octanol–water partition coefficient (Wildman–Crippen LogP) is 3.23. The van der Waals surface area contributed by atoms with Gasteiger partial charge in [-0.3, -0.25) is 14.9 Å². The van der Waals surface area contributed by atoms with Crippen molar-refractivity contribution in [1.29, 1.82) is 0 Å². The average molecular weight is 461 g/mol. The van der Waals surface area contributed by atoms with Crippen molar-refractivity contribution in [3.63, 3.8) is 0 Å². The fourth-order valence-corrected chi connectivity index (χ4v) is 4.93. The molecule has 170 valence electrons. The summed E-state index contributed by atoms with van der Waals surface area (Å²) in [6.45, 7) is 4.08. The minimum atomic E-state index is -3.71. The second kappa shape index (κ2) is 9.37. The largest absolute Gasteiger partial charge is 0.495 e. The standard InChI is InChI=1S/C21H24N4O6S/c1-4-24(5-2)32(29,30)17-7-9-20(31-3)18(13-17)22-21(26)14-23-11-10-15-12-16(25(27)28)6-8-19(15)23/h6-13H,4-5,14H2,1-3H3,(H,22,26). The normalized spacial score (nSPS) is 11.6. The molecule has 0 bridgehead atoms. The summed E-state index contributed by atoms with van der Waals surface area (Å²) in [4.78, 5) is 23.2. The van der Waals surface area contributed by atoms with Crippen LogP contribution in [0.5, 0.6) is 5.75 Å². The third-order valence-corrected chi connectivity index (χ3v) is 7.11. The number of rotatable bonds is 9. The van der Waals surface area contributed by atoms with Gasteiger partial charge in [0, 0.05) is 42.3 Å². The fourth-order valence-electron chi connectivity index (χ4n) is 3.44. The van der Waals surface area contributed by atoms with E-state index in [-0.39, 0.29) is 22.8 Å². The smallest absolute Gasteiger partial charge is 0.270 e. The van der Waals surface area contributed by atoms with Gasteiger partial charge in [-0.15, -0.1) is 0 Å². The number of benzene rings is 2. The van der Waals surface area contributed by atoms with Gasteiger partial charge in [-0.05, 0) is 30.3 Å². The third-order valence-electron chi connectivity index (χ3n) is 5.07. The molecule has 0 fully saturated rings. The Morgan fingerprint density at radius 3 is 2.50 bits per heavy atom. The summed E-state index contributed by atoms with van der Waals surface area (Å²) < 4.78 is 33.9. The Morgan fingerprint density at radius 1 is 1.16 bits per heavy atom. The lowest BCUT2D eigenvalue weighted by Crippen LogP contribution is -2.30. The summed E-state index contributed by atoms with van der Waals surface area (Å²) in [6.07, 6.45) is 1.66. The monoisotopic (exact) mass is 460 g/mol. The number of nitrogens with zero attached hydrogens (tertiary/aromatic N) is 3. The van der Waals surface area contributed by atoms with Crippen LogP contribution in [0.2, 0.25) is 0 Å². The van der Waals surface area contributed by atoms with Crippen LogP contribution >= 0.6 is 0 Å².